The minimum atomic E-state index is -0.0541. The van der Waals surface area contributed by atoms with Crippen molar-refractivity contribution in [1.82, 2.24) is 20.9 Å². The SMILES string of the molecule is CCNC(=O)c1cccc(CNC(=NC)NCc2nc(C(C)C)cs2)c1.I. The molecule has 0 radical (unpaired) electrons. The second-order valence-electron chi connectivity index (χ2n) is 6.16. The second-order valence-corrected chi connectivity index (χ2v) is 7.10. The molecular formula is C19H28IN5OS. The first-order chi connectivity index (χ1) is 12.5. The molecule has 0 fully saturated rings. The van der Waals surface area contributed by atoms with Gasteiger partial charge in [-0.1, -0.05) is 26.0 Å². The van der Waals surface area contributed by atoms with Gasteiger partial charge in [0.15, 0.2) is 5.96 Å². The van der Waals surface area contributed by atoms with Gasteiger partial charge in [-0.05, 0) is 30.5 Å². The van der Waals surface area contributed by atoms with Crippen LogP contribution >= 0.6 is 35.3 Å². The molecule has 0 spiro atoms. The van der Waals surface area contributed by atoms with Crippen LogP contribution in [0.1, 0.15) is 53.3 Å². The van der Waals surface area contributed by atoms with Gasteiger partial charge in [-0.2, -0.15) is 0 Å². The smallest absolute Gasteiger partial charge is 0.251 e. The van der Waals surface area contributed by atoms with Crippen LogP contribution in [0.2, 0.25) is 0 Å². The Balaban J connectivity index is 0.00000364. The molecule has 8 heteroatoms. The van der Waals surface area contributed by atoms with Crippen molar-refractivity contribution in [2.45, 2.75) is 39.8 Å². The number of thiazole rings is 1. The van der Waals surface area contributed by atoms with E-state index in [4.69, 9.17) is 0 Å². The van der Waals surface area contributed by atoms with Gasteiger partial charge in [-0.3, -0.25) is 9.79 Å². The Hall–Kier alpha value is -1.68. The van der Waals surface area contributed by atoms with E-state index in [1.807, 2.05) is 31.2 Å². The Labute approximate surface area is 182 Å². The van der Waals surface area contributed by atoms with Crippen molar-refractivity contribution in [2.24, 2.45) is 4.99 Å². The molecule has 2 rings (SSSR count). The van der Waals surface area contributed by atoms with E-state index >= 15 is 0 Å². The molecule has 1 amide bonds. The number of rotatable bonds is 7. The number of aliphatic imine (C=N–C) groups is 1. The van der Waals surface area contributed by atoms with Crippen LogP contribution in [0.3, 0.4) is 0 Å². The molecular weight excluding hydrogens is 473 g/mol. The van der Waals surface area contributed by atoms with Crippen LogP contribution in [0.15, 0.2) is 34.6 Å². The summed E-state index contributed by atoms with van der Waals surface area (Å²) in [5.74, 6) is 1.09. The van der Waals surface area contributed by atoms with Crippen molar-refractivity contribution in [3.63, 3.8) is 0 Å². The van der Waals surface area contributed by atoms with E-state index in [1.54, 1.807) is 18.4 Å². The van der Waals surface area contributed by atoms with Gasteiger partial charge in [-0.15, -0.1) is 35.3 Å². The standard InChI is InChI=1S/C19H27N5OS.HI/c1-5-21-18(25)15-8-6-7-14(9-15)10-22-19(20-4)23-11-17-24-16(12-26-17)13(2)3;/h6-9,12-13H,5,10-11H2,1-4H3,(H,21,25)(H2,20,22,23);1H. The van der Waals surface area contributed by atoms with Crippen LogP contribution < -0.4 is 16.0 Å². The molecule has 3 N–H and O–H groups in total. The monoisotopic (exact) mass is 501 g/mol. The number of guanidine groups is 1. The fraction of sp³-hybridized carbons (Fsp3) is 0.421. The average Bonchev–Trinajstić information content (AvgIpc) is 3.12. The fourth-order valence-electron chi connectivity index (χ4n) is 2.32. The van der Waals surface area contributed by atoms with E-state index in [0.29, 0.717) is 37.1 Å². The number of benzene rings is 1. The molecule has 0 aliphatic heterocycles. The van der Waals surface area contributed by atoms with Gasteiger partial charge in [0.2, 0.25) is 0 Å². The normalized spacial score (nSPS) is 11.1. The molecule has 2 aromatic rings. The number of amides is 1. The third kappa shape index (κ3) is 7.45. The van der Waals surface area contributed by atoms with Gasteiger partial charge in [0.1, 0.15) is 5.01 Å². The predicted molar refractivity (Wildman–Crippen MR) is 123 cm³/mol. The van der Waals surface area contributed by atoms with E-state index in [9.17, 15) is 4.79 Å². The summed E-state index contributed by atoms with van der Waals surface area (Å²) < 4.78 is 0. The molecule has 1 heterocycles. The Morgan fingerprint density at radius 1 is 1.22 bits per heavy atom. The first-order valence-corrected chi connectivity index (χ1v) is 9.67. The fourth-order valence-corrected chi connectivity index (χ4v) is 3.22. The maximum absolute atomic E-state index is 11.9. The largest absolute Gasteiger partial charge is 0.352 e. The highest BCUT2D eigenvalue weighted by Crippen LogP contribution is 2.17. The van der Waals surface area contributed by atoms with Gasteiger partial charge < -0.3 is 16.0 Å². The zero-order chi connectivity index (χ0) is 18.9. The van der Waals surface area contributed by atoms with Gasteiger partial charge >= 0.3 is 0 Å². The lowest BCUT2D eigenvalue weighted by Crippen LogP contribution is -2.36. The number of hydrogen-bond donors (Lipinski definition) is 3. The zero-order valence-corrected chi connectivity index (χ0v) is 19.4. The topological polar surface area (TPSA) is 78.4 Å². The van der Waals surface area contributed by atoms with Crippen molar-refractivity contribution in [1.29, 1.82) is 0 Å². The number of hydrogen-bond acceptors (Lipinski definition) is 4. The molecule has 0 bridgehead atoms. The summed E-state index contributed by atoms with van der Waals surface area (Å²) in [5, 5.41) is 12.5. The number of carbonyl (C=O) groups is 1. The number of carbonyl (C=O) groups excluding carboxylic acids is 1. The Kier molecular flexibility index (Phi) is 10.3. The highest BCUT2D eigenvalue weighted by molar-refractivity contribution is 14.0. The average molecular weight is 501 g/mol. The van der Waals surface area contributed by atoms with Gasteiger partial charge in [0, 0.05) is 31.1 Å². The van der Waals surface area contributed by atoms with Crippen molar-refractivity contribution < 1.29 is 4.79 Å². The molecule has 148 valence electrons. The van der Waals surface area contributed by atoms with E-state index in [2.05, 4.69) is 45.2 Å². The maximum Gasteiger partial charge on any atom is 0.251 e. The summed E-state index contributed by atoms with van der Waals surface area (Å²) in [7, 11) is 1.74. The third-order valence-electron chi connectivity index (χ3n) is 3.78. The van der Waals surface area contributed by atoms with Crippen LogP contribution in [0, 0.1) is 0 Å². The van der Waals surface area contributed by atoms with Crippen LogP contribution in [-0.2, 0) is 13.1 Å². The predicted octanol–water partition coefficient (Wildman–Crippen LogP) is 3.50. The Bertz CT molecular complexity index is 760. The molecule has 0 aliphatic rings. The van der Waals surface area contributed by atoms with E-state index in [-0.39, 0.29) is 29.9 Å². The van der Waals surface area contributed by atoms with Gasteiger partial charge in [0.25, 0.3) is 5.91 Å². The third-order valence-corrected chi connectivity index (χ3v) is 4.65. The molecule has 0 saturated carbocycles. The minimum absolute atomic E-state index is 0. The number of nitrogens with one attached hydrogen (secondary N) is 3. The van der Waals surface area contributed by atoms with E-state index < -0.39 is 0 Å². The zero-order valence-electron chi connectivity index (χ0n) is 16.2. The van der Waals surface area contributed by atoms with Crippen molar-refractivity contribution in [3.05, 3.63) is 51.5 Å². The van der Waals surface area contributed by atoms with Crippen molar-refractivity contribution in [3.8, 4) is 0 Å². The van der Waals surface area contributed by atoms with Gasteiger partial charge in [-0.25, -0.2) is 4.98 Å². The quantitative estimate of drug-likeness (QED) is 0.309. The van der Waals surface area contributed by atoms with Crippen LogP contribution in [0.5, 0.6) is 0 Å². The lowest BCUT2D eigenvalue weighted by Gasteiger charge is -2.11. The number of aromatic nitrogens is 1. The molecule has 1 aromatic heterocycles. The van der Waals surface area contributed by atoms with Crippen LogP contribution in [0.4, 0.5) is 0 Å². The Morgan fingerprint density at radius 2 is 1.96 bits per heavy atom. The molecule has 0 atom stereocenters. The van der Waals surface area contributed by atoms with Crippen molar-refractivity contribution in [2.75, 3.05) is 13.6 Å². The minimum Gasteiger partial charge on any atom is -0.352 e. The van der Waals surface area contributed by atoms with Crippen LogP contribution in [0.25, 0.3) is 0 Å². The second kappa shape index (κ2) is 11.9. The molecule has 27 heavy (non-hydrogen) atoms. The lowest BCUT2D eigenvalue weighted by atomic mass is 10.1. The summed E-state index contributed by atoms with van der Waals surface area (Å²) in [6.45, 7) is 8.03. The summed E-state index contributed by atoms with van der Waals surface area (Å²) in [6.07, 6.45) is 0. The highest BCUT2D eigenvalue weighted by Gasteiger charge is 2.07. The summed E-state index contributed by atoms with van der Waals surface area (Å²) in [4.78, 5) is 20.8. The number of halogens is 1. The summed E-state index contributed by atoms with van der Waals surface area (Å²) in [6, 6.07) is 7.58. The Morgan fingerprint density at radius 3 is 2.59 bits per heavy atom. The maximum atomic E-state index is 11.9. The molecule has 6 nitrogen and oxygen atoms in total. The molecule has 0 aliphatic carbocycles. The van der Waals surface area contributed by atoms with E-state index in [1.165, 1.54) is 0 Å². The highest BCUT2D eigenvalue weighted by atomic mass is 127. The van der Waals surface area contributed by atoms with Crippen LogP contribution in [-0.4, -0.2) is 30.4 Å². The lowest BCUT2D eigenvalue weighted by molar-refractivity contribution is 0.0955. The summed E-state index contributed by atoms with van der Waals surface area (Å²) >= 11 is 1.65. The van der Waals surface area contributed by atoms with E-state index in [0.717, 1.165) is 16.3 Å². The summed E-state index contributed by atoms with van der Waals surface area (Å²) in [5.41, 5.74) is 2.81. The molecule has 0 unspecified atom stereocenters. The molecule has 1 aromatic carbocycles. The molecule has 0 saturated heterocycles. The van der Waals surface area contributed by atoms with Gasteiger partial charge in [0.05, 0.1) is 12.2 Å². The first-order valence-electron chi connectivity index (χ1n) is 8.79. The first kappa shape index (κ1) is 23.4. The number of nitrogens with zero attached hydrogens (tertiary/aromatic N) is 2. The van der Waals surface area contributed by atoms with Crippen molar-refractivity contribution >= 4 is 47.2 Å².